The van der Waals surface area contributed by atoms with E-state index in [4.69, 9.17) is 46.4 Å². The van der Waals surface area contributed by atoms with Gasteiger partial charge in [0, 0.05) is 27.8 Å². The van der Waals surface area contributed by atoms with Gasteiger partial charge in [0.25, 0.3) is 0 Å². The molecular weight excluding hydrogens is 324 g/mol. The first-order chi connectivity index (χ1) is 8.99. The average Bonchev–Trinajstić information content (AvgIpc) is 2.38. The summed E-state index contributed by atoms with van der Waals surface area (Å²) >= 11 is 24.2. The van der Waals surface area contributed by atoms with Gasteiger partial charge in [-0.25, -0.2) is 0 Å². The molecule has 19 heavy (non-hydrogen) atoms. The molecule has 0 aliphatic heterocycles. The van der Waals surface area contributed by atoms with Crippen molar-refractivity contribution < 1.29 is 0 Å². The molecule has 0 fully saturated rings. The smallest absolute Gasteiger partial charge is 0.0657 e. The highest BCUT2D eigenvalue weighted by atomic mass is 35.5. The summed E-state index contributed by atoms with van der Waals surface area (Å²) in [6.45, 7) is 2.49. The fourth-order valence-corrected chi connectivity index (χ4v) is 2.55. The molecule has 0 amide bonds. The van der Waals surface area contributed by atoms with Crippen molar-refractivity contribution in [1.82, 2.24) is 0 Å². The molecule has 0 atom stereocenters. The van der Waals surface area contributed by atoms with E-state index >= 15 is 0 Å². The molecule has 0 radical (unpaired) electrons. The molecule has 100 valence electrons. The van der Waals surface area contributed by atoms with Gasteiger partial charge in [-0.2, -0.15) is 0 Å². The highest BCUT2D eigenvalue weighted by molar-refractivity contribution is 6.44. The second kappa shape index (κ2) is 6.23. The standard InChI is InChI=1S/C14H11Cl4N/c1-8-2-3-9(15)6-13(8)19-7-10-11(16)4-5-12(17)14(10)18/h2-6,19H,7H2,1H3. The minimum Gasteiger partial charge on any atom is -0.381 e. The van der Waals surface area contributed by atoms with Crippen LogP contribution in [0.3, 0.4) is 0 Å². The zero-order valence-electron chi connectivity index (χ0n) is 10.1. The predicted molar refractivity (Wildman–Crippen MR) is 85.0 cm³/mol. The fourth-order valence-electron chi connectivity index (χ4n) is 1.70. The SMILES string of the molecule is Cc1ccc(Cl)cc1NCc1c(Cl)ccc(Cl)c1Cl. The maximum Gasteiger partial charge on any atom is 0.0657 e. The minimum atomic E-state index is 0.473. The van der Waals surface area contributed by atoms with Crippen molar-refractivity contribution in [3.8, 4) is 0 Å². The van der Waals surface area contributed by atoms with Crippen LogP contribution in [0.1, 0.15) is 11.1 Å². The van der Waals surface area contributed by atoms with E-state index in [0.717, 1.165) is 16.8 Å². The van der Waals surface area contributed by atoms with Crippen molar-refractivity contribution in [2.24, 2.45) is 0 Å². The lowest BCUT2D eigenvalue weighted by Gasteiger charge is -2.13. The maximum absolute atomic E-state index is 6.15. The summed E-state index contributed by atoms with van der Waals surface area (Å²) in [7, 11) is 0. The van der Waals surface area contributed by atoms with Crippen molar-refractivity contribution in [2.45, 2.75) is 13.5 Å². The molecular formula is C14H11Cl4N. The summed E-state index contributed by atoms with van der Waals surface area (Å²) in [5.74, 6) is 0. The van der Waals surface area contributed by atoms with Crippen molar-refractivity contribution in [1.29, 1.82) is 0 Å². The summed E-state index contributed by atoms with van der Waals surface area (Å²) in [6.07, 6.45) is 0. The predicted octanol–water partition coefficient (Wildman–Crippen LogP) is 6.22. The molecule has 2 aromatic carbocycles. The van der Waals surface area contributed by atoms with E-state index in [2.05, 4.69) is 5.32 Å². The Hall–Kier alpha value is -0.600. The van der Waals surface area contributed by atoms with Crippen molar-refractivity contribution in [2.75, 3.05) is 5.32 Å². The quantitative estimate of drug-likeness (QED) is 0.657. The van der Waals surface area contributed by atoms with Crippen LogP contribution in [0, 0.1) is 6.92 Å². The third kappa shape index (κ3) is 3.49. The lowest BCUT2D eigenvalue weighted by atomic mass is 10.1. The molecule has 0 aromatic heterocycles. The maximum atomic E-state index is 6.15. The normalized spacial score (nSPS) is 10.6. The van der Waals surface area contributed by atoms with Gasteiger partial charge in [-0.05, 0) is 36.8 Å². The van der Waals surface area contributed by atoms with Crippen LogP contribution >= 0.6 is 46.4 Å². The van der Waals surface area contributed by atoms with Gasteiger partial charge in [0.1, 0.15) is 0 Å². The molecule has 0 aliphatic rings. The van der Waals surface area contributed by atoms with Crippen LogP contribution in [-0.4, -0.2) is 0 Å². The molecule has 0 saturated carbocycles. The second-order valence-corrected chi connectivity index (χ2v) is 5.76. The zero-order chi connectivity index (χ0) is 14.0. The molecule has 2 aromatic rings. The van der Waals surface area contributed by atoms with Crippen LogP contribution in [0.4, 0.5) is 5.69 Å². The van der Waals surface area contributed by atoms with E-state index in [0.29, 0.717) is 26.6 Å². The van der Waals surface area contributed by atoms with E-state index in [-0.39, 0.29) is 0 Å². The van der Waals surface area contributed by atoms with Gasteiger partial charge in [-0.15, -0.1) is 0 Å². The Morgan fingerprint density at radius 2 is 1.63 bits per heavy atom. The van der Waals surface area contributed by atoms with Crippen LogP contribution in [0.15, 0.2) is 30.3 Å². The van der Waals surface area contributed by atoms with Gasteiger partial charge in [-0.1, -0.05) is 52.5 Å². The third-order valence-electron chi connectivity index (χ3n) is 2.79. The Morgan fingerprint density at radius 3 is 2.37 bits per heavy atom. The third-order valence-corrected chi connectivity index (χ3v) is 4.23. The van der Waals surface area contributed by atoms with E-state index < -0.39 is 0 Å². The first kappa shape index (κ1) is 14.8. The number of hydrogen-bond acceptors (Lipinski definition) is 1. The zero-order valence-corrected chi connectivity index (χ0v) is 13.1. The molecule has 0 bridgehead atoms. The number of benzene rings is 2. The topological polar surface area (TPSA) is 12.0 Å². The Bertz CT molecular complexity index is 611. The van der Waals surface area contributed by atoms with E-state index in [1.54, 1.807) is 12.1 Å². The number of halogens is 4. The van der Waals surface area contributed by atoms with Gasteiger partial charge < -0.3 is 5.32 Å². The highest BCUT2D eigenvalue weighted by Crippen LogP contribution is 2.32. The van der Waals surface area contributed by atoms with Crippen molar-refractivity contribution >= 4 is 52.1 Å². The summed E-state index contributed by atoms with van der Waals surface area (Å²) in [4.78, 5) is 0. The van der Waals surface area contributed by atoms with Gasteiger partial charge in [-0.3, -0.25) is 0 Å². The van der Waals surface area contributed by atoms with Crippen LogP contribution in [0.25, 0.3) is 0 Å². The van der Waals surface area contributed by atoms with Crippen molar-refractivity contribution in [3.05, 3.63) is 61.5 Å². The highest BCUT2D eigenvalue weighted by Gasteiger charge is 2.10. The molecule has 0 unspecified atom stereocenters. The monoisotopic (exact) mass is 333 g/mol. The van der Waals surface area contributed by atoms with E-state index in [1.807, 2.05) is 25.1 Å². The summed E-state index contributed by atoms with van der Waals surface area (Å²) in [5.41, 5.74) is 2.81. The largest absolute Gasteiger partial charge is 0.381 e. The molecule has 1 N–H and O–H groups in total. The van der Waals surface area contributed by atoms with E-state index in [9.17, 15) is 0 Å². The van der Waals surface area contributed by atoms with Gasteiger partial charge >= 0.3 is 0 Å². The molecule has 0 heterocycles. The number of rotatable bonds is 3. The van der Waals surface area contributed by atoms with Gasteiger partial charge in [0.2, 0.25) is 0 Å². The number of anilines is 1. The van der Waals surface area contributed by atoms with Crippen LogP contribution in [0.2, 0.25) is 20.1 Å². The second-order valence-electron chi connectivity index (χ2n) is 4.13. The molecule has 0 aliphatic carbocycles. The number of nitrogens with one attached hydrogen (secondary N) is 1. The van der Waals surface area contributed by atoms with Crippen LogP contribution in [0.5, 0.6) is 0 Å². The first-order valence-electron chi connectivity index (χ1n) is 5.61. The number of hydrogen-bond donors (Lipinski definition) is 1. The van der Waals surface area contributed by atoms with Crippen molar-refractivity contribution in [3.63, 3.8) is 0 Å². The summed E-state index contributed by atoms with van der Waals surface area (Å²) in [5, 5.41) is 5.49. The lowest BCUT2D eigenvalue weighted by Crippen LogP contribution is -2.02. The summed E-state index contributed by atoms with van der Waals surface area (Å²) in [6, 6.07) is 9.08. The molecule has 5 heteroatoms. The van der Waals surface area contributed by atoms with Gasteiger partial charge in [0.15, 0.2) is 0 Å². The Balaban J connectivity index is 2.24. The average molecular weight is 335 g/mol. The first-order valence-corrected chi connectivity index (χ1v) is 7.12. The lowest BCUT2D eigenvalue weighted by molar-refractivity contribution is 1.14. The number of aryl methyl sites for hydroxylation is 1. The van der Waals surface area contributed by atoms with Gasteiger partial charge in [0.05, 0.1) is 10.0 Å². The molecule has 1 nitrogen and oxygen atoms in total. The minimum absolute atomic E-state index is 0.473. The Kier molecular flexibility index (Phi) is 4.86. The van der Waals surface area contributed by atoms with E-state index in [1.165, 1.54) is 0 Å². The molecule has 2 rings (SSSR count). The van der Waals surface area contributed by atoms with Crippen LogP contribution in [-0.2, 0) is 6.54 Å². The fraction of sp³-hybridized carbons (Fsp3) is 0.143. The molecule has 0 saturated heterocycles. The Labute approximate surface area is 132 Å². The van der Waals surface area contributed by atoms with Crippen LogP contribution < -0.4 is 5.32 Å². The molecule has 0 spiro atoms. The Morgan fingerprint density at radius 1 is 0.947 bits per heavy atom. The summed E-state index contributed by atoms with van der Waals surface area (Å²) < 4.78 is 0.